The number of carbonyl (C=O) groups excluding carboxylic acids is 1. The molecule has 0 aromatic rings. The highest BCUT2D eigenvalue weighted by molar-refractivity contribution is 5.75. The molecular weight excluding hydrogens is 232 g/mol. The first-order valence-corrected chi connectivity index (χ1v) is 7.11. The van der Waals surface area contributed by atoms with Crippen LogP contribution in [0.2, 0.25) is 0 Å². The Morgan fingerprint density at radius 2 is 1.78 bits per heavy atom. The Bertz CT molecular complexity index is 303. The minimum absolute atomic E-state index is 0.193. The third kappa shape index (κ3) is 2.34. The van der Waals surface area contributed by atoms with E-state index < -0.39 is 0 Å². The third-order valence-electron chi connectivity index (χ3n) is 4.26. The fraction of sp³-hybridized carbons (Fsp3) is 0.923. The van der Waals surface area contributed by atoms with E-state index in [-0.39, 0.29) is 12.1 Å². The zero-order valence-electron chi connectivity index (χ0n) is 10.8. The highest BCUT2D eigenvalue weighted by atomic mass is 16.5. The first-order chi connectivity index (χ1) is 8.86. The molecule has 2 aliphatic heterocycles. The van der Waals surface area contributed by atoms with Crippen molar-refractivity contribution in [2.45, 2.75) is 37.8 Å². The first-order valence-electron chi connectivity index (χ1n) is 7.11. The summed E-state index contributed by atoms with van der Waals surface area (Å²) in [6.45, 7) is 4.24. The Labute approximate surface area is 108 Å². The summed E-state index contributed by atoms with van der Waals surface area (Å²) in [5.41, 5.74) is 0. The summed E-state index contributed by atoms with van der Waals surface area (Å²) in [7, 11) is 0. The molecule has 102 valence electrons. The molecule has 0 aromatic carbocycles. The predicted molar refractivity (Wildman–Crippen MR) is 66.5 cm³/mol. The molecule has 5 nitrogen and oxygen atoms in total. The summed E-state index contributed by atoms with van der Waals surface area (Å²) in [5, 5.41) is 0. The third-order valence-corrected chi connectivity index (χ3v) is 4.26. The van der Waals surface area contributed by atoms with Crippen molar-refractivity contribution in [2.75, 3.05) is 39.5 Å². The Balaban J connectivity index is 1.67. The van der Waals surface area contributed by atoms with Gasteiger partial charge in [-0.05, 0) is 12.8 Å². The fourth-order valence-electron chi connectivity index (χ4n) is 3.27. The molecule has 3 aliphatic rings. The Kier molecular flexibility index (Phi) is 3.70. The molecule has 0 bridgehead atoms. The summed E-state index contributed by atoms with van der Waals surface area (Å²) in [5.74, 6) is 0. The lowest BCUT2D eigenvalue weighted by molar-refractivity contribution is -0.0780. The van der Waals surface area contributed by atoms with Crippen LogP contribution < -0.4 is 0 Å². The van der Waals surface area contributed by atoms with Crippen LogP contribution in [0.3, 0.4) is 0 Å². The molecule has 2 atom stereocenters. The van der Waals surface area contributed by atoms with Crippen LogP contribution in [0, 0.1) is 0 Å². The summed E-state index contributed by atoms with van der Waals surface area (Å²) in [6.07, 6.45) is 4.94. The number of urea groups is 1. The van der Waals surface area contributed by atoms with Crippen LogP contribution in [0.5, 0.6) is 0 Å². The Morgan fingerprint density at radius 3 is 2.61 bits per heavy atom. The van der Waals surface area contributed by atoms with Crippen LogP contribution in [-0.2, 0) is 9.47 Å². The van der Waals surface area contributed by atoms with Crippen molar-refractivity contribution >= 4 is 6.03 Å². The van der Waals surface area contributed by atoms with E-state index in [9.17, 15) is 4.79 Å². The second kappa shape index (κ2) is 5.45. The quantitative estimate of drug-likeness (QED) is 0.649. The topological polar surface area (TPSA) is 42.0 Å². The molecule has 1 saturated carbocycles. The van der Waals surface area contributed by atoms with E-state index in [0.717, 1.165) is 32.5 Å². The van der Waals surface area contributed by atoms with Crippen molar-refractivity contribution in [1.82, 2.24) is 9.80 Å². The summed E-state index contributed by atoms with van der Waals surface area (Å²) in [4.78, 5) is 16.5. The fourth-order valence-corrected chi connectivity index (χ4v) is 3.27. The molecule has 3 rings (SSSR count). The summed E-state index contributed by atoms with van der Waals surface area (Å²) >= 11 is 0. The Hall–Kier alpha value is -0.810. The number of nitrogens with zero attached hydrogens (tertiary/aromatic N) is 2. The van der Waals surface area contributed by atoms with Gasteiger partial charge in [-0.3, -0.25) is 0 Å². The average Bonchev–Trinajstić information content (AvgIpc) is 2.47. The smallest absolute Gasteiger partial charge is 0.320 e. The Morgan fingerprint density at radius 1 is 1.00 bits per heavy atom. The number of ether oxygens (including phenoxy) is 2. The minimum Gasteiger partial charge on any atom is -0.378 e. The first kappa shape index (κ1) is 12.2. The van der Waals surface area contributed by atoms with Gasteiger partial charge in [0.2, 0.25) is 0 Å². The molecule has 2 saturated heterocycles. The number of hydrogen-bond acceptors (Lipinski definition) is 3. The van der Waals surface area contributed by atoms with Crippen LogP contribution in [0.25, 0.3) is 0 Å². The van der Waals surface area contributed by atoms with Crippen molar-refractivity contribution in [3.63, 3.8) is 0 Å². The predicted octanol–water partition coefficient (Wildman–Crippen LogP) is 1.08. The molecular formula is C13H22N2O3. The van der Waals surface area contributed by atoms with Gasteiger partial charge in [0.15, 0.2) is 0 Å². The molecule has 0 aromatic heterocycles. The molecule has 0 radical (unpaired) electrons. The maximum atomic E-state index is 12.5. The van der Waals surface area contributed by atoms with Crippen molar-refractivity contribution in [1.29, 1.82) is 0 Å². The molecule has 2 heterocycles. The number of fused-ring (bicyclic) bond motifs is 1. The van der Waals surface area contributed by atoms with Crippen LogP contribution in [-0.4, -0.2) is 67.4 Å². The van der Waals surface area contributed by atoms with Crippen molar-refractivity contribution < 1.29 is 14.3 Å². The van der Waals surface area contributed by atoms with Gasteiger partial charge in [0, 0.05) is 19.6 Å². The average molecular weight is 254 g/mol. The highest BCUT2D eigenvalue weighted by Gasteiger charge is 2.38. The van der Waals surface area contributed by atoms with Gasteiger partial charge in [-0.25, -0.2) is 4.79 Å². The number of amides is 2. The molecule has 2 amide bonds. The van der Waals surface area contributed by atoms with Gasteiger partial charge < -0.3 is 19.3 Å². The number of carbonyl (C=O) groups is 1. The van der Waals surface area contributed by atoms with Gasteiger partial charge in [-0.2, -0.15) is 0 Å². The minimum atomic E-state index is 0.193. The zero-order valence-corrected chi connectivity index (χ0v) is 10.8. The van der Waals surface area contributed by atoms with Gasteiger partial charge >= 0.3 is 6.03 Å². The molecule has 3 fully saturated rings. The number of morpholine rings is 2. The molecule has 1 aliphatic carbocycles. The van der Waals surface area contributed by atoms with Gasteiger partial charge in [0.25, 0.3) is 0 Å². The molecule has 18 heavy (non-hydrogen) atoms. The largest absolute Gasteiger partial charge is 0.378 e. The van der Waals surface area contributed by atoms with Gasteiger partial charge in [0.1, 0.15) is 0 Å². The van der Waals surface area contributed by atoms with Crippen molar-refractivity contribution in [3.8, 4) is 0 Å². The second-order valence-corrected chi connectivity index (χ2v) is 5.34. The van der Waals surface area contributed by atoms with E-state index in [1.165, 1.54) is 12.8 Å². The molecule has 5 heteroatoms. The van der Waals surface area contributed by atoms with E-state index in [1.807, 2.05) is 4.90 Å². The number of rotatable bonds is 0. The van der Waals surface area contributed by atoms with Gasteiger partial charge in [-0.15, -0.1) is 0 Å². The lowest BCUT2D eigenvalue weighted by Gasteiger charge is -2.45. The van der Waals surface area contributed by atoms with Crippen molar-refractivity contribution in [2.24, 2.45) is 0 Å². The molecule has 0 spiro atoms. The highest BCUT2D eigenvalue weighted by Crippen LogP contribution is 2.29. The standard InChI is InChI=1S/C13H22N2O3/c16-13(14-5-8-17-9-6-14)15-7-10-18-12-4-2-1-3-11(12)15/h11-12H,1-10H2. The lowest BCUT2D eigenvalue weighted by atomic mass is 9.90. The second-order valence-electron chi connectivity index (χ2n) is 5.34. The van der Waals surface area contributed by atoms with Gasteiger partial charge in [-0.1, -0.05) is 12.8 Å². The molecule has 0 N–H and O–H groups in total. The number of hydrogen-bond donors (Lipinski definition) is 0. The summed E-state index contributed by atoms with van der Waals surface area (Å²) in [6, 6.07) is 0.501. The van der Waals surface area contributed by atoms with Gasteiger partial charge in [0.05, 0.1) is 32.0 Å². The van der Waals surface area contributed by atoms with Crippen LogP contribution >= 0.6 is 0 Å². The van der Waals surface area contributed by atoms with Crippen molar-refractivity contribution in [3.05, 3.63) is 0 Å². The zero-order chi connectivity index (χ0) is 12.4. The van der Waals surface area contributed by atoms with E-state index in [1.54, 1.807) is 0 Å². The van der Waals surface area contributed by atoms with E-state index in [4.69, 9.17) is 9.47 Å². The maximum absolute atomic E-state index is 12.5. The normalized spacial score (nSPS) is 33.1. The van der Waals surface area contributed by atoms with E-state index >= 15 is 0 Å². The maximum Gasteiger partial charge on any atom is 0.320 e. The summed E-state index contributed by atoms with van der Waals surface area (Å²) < 4.78 is 11.1. The lowest BCUT2D eigenvalue weighted by Crippen LogP contribution is -2.59. The SMILES string of the molecule is O=C(N1CCOCC1)N1CCOC2CCCCC21. The monoisotopic (exact) mass is 254 g/mol. The van der Waals surface area contributed by atoms with Crippen LogP contribution in [0.4, 0.5) is 4.79 Å². The van der Waals surface area contributed by atoms with Crippen LogP contribution in [0.15, 0.2) is 0 Å². The van der Waals surface area contributed by atoms with Crippen LogP contribution in [0.1, 0.15) is 25.7 Å². The van der Waals surface area contributed by atoms with E-state index in [2.05, 4.69) is 4.90 Å². The van der Waals surface area contributed by atoms with E-state index in [0.29, 0.717) is 25.9 Å². The molecule has 2 unspecified atom stereocenters.